The number of nitrogens with one attached hydrogen (secondary N) is 1. The molecule has 1 aromatic rings. The molecule has 0 radical (unpaired) electrons. The first-order valence-electron chi connectivity index (χ1n) is 13.2. The number of fused-ring (bicyclic) bond motifs is 6. The lowest BCUT2D eigenvalue weighted by atomic mass is 9.69. The van der Waals surface area contributed by atoms with Crippen molar-refractivity contribution in [3.05, 3.63) is 45.2 Å². The van der Waals surface area contributed by atoms with Gasteiger partial charge in [-0.15, -0.1) is 0 Å². The van der Waals surface area contributed by atoms with Crippen LogP contribution in [0, 0.1) is 18.3 Å². The molecule has 3 heterocycles. The Balaban J connectivity index is 1.75. The Morgan fingerprint density at radius 1 is 1.18 bits per heavy atom. The van der Waals surface area contributed by atoms with Crippen molar-refractivity contribution in [1.29, 1.82) is 5.26 Å². The molecule has 2 N–H and O–H groups in total. The largest absolute Gasteiger partial charge is 0.504 e. The Kier molecular flexibility index (Phi) is 7.20. The van der Waals surface area contributed by atoms with Crippen LogP contribution in [0.15, 0.2) is 28.5 Å². The Morgan fingerprint density at radius 2 is 1.90 bits per heavy atom. The number of benzene rings is 1. The number of Topliss-reactive ketones (excluding diaryl/α,β-unsaturated/α-hetero) is 2. The van der Waals surface area contributed by atoms with Gasteiger partial charge >= 0.3 is 0 Å². The van der Waals surface area contributed by atoms with Crippen molar-refractivity contribution in [3.63, 3.8) is 0 Å². The number of allylic oxidation sites excluding steroid dienone is 2. The molecule has 5 rings (SSSR count). The zero-order chi connectivity index (χ0) is 29.0. The molecule has 11 nitrogen and oxygen atoms in total. The van der Waals surface area contributed by atoms with E-state index in [0.717, 1.165) is 16.7 Å². The molecular weight excluding hydrogens is 516 g/mol. The molecule has 0 spiro atoms. The second-order valence-corrected chi connectivity index (χ2v) is 10.8. The van der Waals surface area contributed by atoms with Crippen molar-refractivity contribution in [3.8, 4) is 17.6 Å². The minimum atomic E-state index is -0.787. The van der Waals surface area contributed by atoms with Crippen LogP contribution >= 0.6 is 0 Å². The zero-order valence-corrected chi connectivity index (χ0v) is 23.5. The van der Waals surface area contributed by atoms with Gasteiger partial charge in [-0.2, -0.15) is 5.26 Å². The number of methoxy groups -OCH3 is 2. The summed E-state index contributed by atoms with van der Waals surface area (Å²) in [6.45, 7) is 4.76. The van der Waals surface area contributed by atoms with Crippen molar-refractivity contribution in [2.24, 2.45) is 0 Å². The fourth-order valence-electron chi connectivity index (χ4n) is 7.05. The van der Waals surface area contributed by atoms with Crippen LogP contribution in [0.2, 0.25) is 0 Å². The van der Waals surface area contributed by atoms with E-state index < -0.39 is 35.5 Å². The minimum absolute atomic E-state index is 0.000180. The van der Waals surface area contributed by atoms with Gasteiger partial charge in [0.25, 0.3) is 0 Å². The van der Waals surface area contributed by atoms with Gasteiger partial charge in [0, 0.05) is 54.9 Å². The van der Waals surface area contributed by atoms with Crippen LogP contribution in [0.4, 0.5) is 0 Å². The number of ketones is 2. The number of hydrogen-bond donors (Lipinski definition) is 2. The Hall–Kier alpha value is -3.72. The lowest BCUT2D eigenvalue weighted by molar-refractivity contribution is -0.123. The second kappa shape index (κ2) is 10.4. The average molecular weight is 551 g/mol. The number of likely N-dealkylation sites (N-methyl/N-ethyl adjacent to an activating group) is 1. The van der Waals surface area contributed by atoms with Gasteiger partial charge in [0.1, 0.15) is 6.04 Å². The molecule has 1 saturated heterocycles. The lowest BCUT2D eigenvalue weighted by Gasteiger charge is -2.60. The predicted octanol–water partition coefficient (Wildman–Crippen LogP) is 1.65. The van der Waals surface area contributed by atoms with Crippen molar-refractivity contribution in [1.82, 2.24) is 15.1 Å². The van der Waals surface area contributed by atoms with E-state index in [-0.39, 0.29) is 48.9 Å². The summed E-state index contributed by atoms with van der Waals surface area (Å²) in [5.74, 6) is -0.801. The van der Waals surface area contributed by atoms with Gasteiger partial charge in [0.2, 0.25) is 11.7 Å². The molecule has 2 bridgehead atoms. The number of rotatable bonds is 6. The third kappa shape index (κ3) is 4.01. The first kappa shape index (κ1) is 27.8. The molecular formula is C29H34N4O7. The topological polar surface area (TPSA) is 141 Å². The summed E-state index contributed by atoms with van der Waals surface area (Å²) in [5.41, 5.74) is 3.26. The van der Waals surface area contributed by atoms with Crippen LogP contribution in [-0.4, -0.2) is 91.2 Å². The number of aliphatic hydroxyl groups excluding tert-OH is 1. The van der Waals surface area contributed by atoms with E-state index in [2.05, 4.69) is 22.4 Å². The number of carbonyl (C=O) groups excluding carboxylic acids is 3. The van der Waals surface area contributed by atoms with E-state index in [1.54, 1.807) is 7.11 Å². The molecule has 11 heteroatoms. The maximum atomic E-state index is 13.5. The standard InChI is InChI=1S/C29H34N4O7/c1-13-7-16-8-18-20(10-30)33-19(24(32(18)4)22(16)29(28(13)39-6)40-12-38-5)9-17-23(21(33)11-31-15(3)34)27(37)26(36)14(2)25(17)35/h7,18-21,24,36H,8-9,11-12H2,1-6H3,(H,31,34)/t18-,19?,20-,21-,24-/m0/s1. The third-order valence-electron chi connectivity index (χ3n) is 8.73. The molecule has 1 aliphatic carbocycles. The van der Waals surface area contributed by atoms with Gasteiger partial charge in [-0.05, 0) is 44.9 Å². The summed E-state index contributed by atoms with van der Waals surface area (Å²) in [4.78, 5) is 43.1. The predicted molar refractivity (Wildman–Crippen MR) is 143 cm³/mol. The monoisotopic (exact) mass is 550 g/mol. The summed E-state index contributed by atoms with van der Waals surface area (Å²) in [7, 11) is 5.08. The number of nitrogens with zero attached hydrogens (tertiary/aromatic N) is 3. The molecule has 40 heavy (non-hydrogen) atoms. The maximum absolute atomic E-state index is 13.5. The molecule has 4 aliphatic rings. The van der Waals surface area contributed by atoms with E-state index in [4.69, 9.17) is 14.2 Å². The molecule has 1 aromatic carbocycles. The van der Waals surface area contributed by atoms with Gasteiger partial charge < -0.3 is 24.6 Å². The molecule has 1 fully saturated rings. The Bertz CT molecular complexity index is 1410. The molecule has 5 atom stereocenters. The smallest absolute Gasteiger partial charge is 0.225 e. The van der Waals surface area contributed by atoms with Crippen LogP contribution in [0.5, 0.6) is 11.5 Å². The number of nitriles is 1. The van der Waals surface area contributed by atoms with E-state index in [0.29, 0.717) is 23.5 Å². The van der Waals surface area contributed by atoms with E-state index in [1.165, 1.54) is 21.0 Å². The van der Waals surface area contributed by atoms with Crippen molar-refractivity contribution in [2.45, 2.75) is 63.8 Å². The normalized spacial score (nSPS) is 28.0. The van der Waals surface area contributed by atoms with Crippen LogP contribution in [0.3, 0.4) is 0 Å². The van der Waals surface area contributed by atoms with Crippen molar-refractivity contribution in [2.75, 3.05) is 34.6 Å². The first-order chi connectivity index (χ1) is 19.1. The molecule has 0 saturated carbocycles. The second-order valence-electron chi connectivity index (χ2n) is 10.8. The van der Waals surface area contributed by atoms with Gasteiger partial charge in [-0.25, -0.2) is 0 Å². The number of carbonyl (C=O) groups is 3. The number of hydrogen-bond acceptors (Lipinski definition) is 10. The van der Waals surface area contributed by atoms with E-state index >= 15 is 0 Å². The van der Waals surface area contributed by atoms with E-state index in [1.807, 2.05) is 18.9 Å². The fourth-order valence-corrected chi connectivity index (χ4v) is 7.05. The molecule has 3 aliphatic heterocycles. The molecule has 0 aromatic heterocycles. The fraction of sp³-hybridized carbons (Fsp3) is 0.517. The number of amides is 1. The highest BCUT2D eigenvalue weighted by atomic mass is 16.7. The van der Waals surface area contributed by atoms with Gasteiger partial charge in [0.05, 0.1) is 25.3 Å². The minimum Gasteiger partial charge on any atom is -0.504 e. The molecule has 212 valence electrons. The highest BCUT2D eigenvalue weighted by molar-refractivity contribution is 6.24. The molecule has 1 unspecified atom stereocenters. The quantitative estimate of drug-likeness (QED) is 0.397. The lowest BCUT2D eigenvalue weighted by Crippen LogP contribution is -2.71. The van der Waals surface area contributed by atoms with Crippen LogP contribution in [0.25, 0.3) is 0 Å². The highest BCUT2D eigenvalue weighted by Gasteiger charge is 2.57. The number of aryl methyl sites for hydroxylation is 1. The summed E-state index contributed by atoms with van der Waals surface area (Å²) in [6, 6.07) is 2.08. The Morgan fingerprint density at radius 3 is 2.52 bits per heavy atom. The van der Waals surface area contributed by atoms with Crippen molar-refractivity contribution < 1.29 is 33.7 Å². The van der Waals surface area contributed by atoms with Gasteiger partial charge in [0.15, 0.2) is 29.8 Å². The number of ether oxygens (including phenoxy) is 3. The van der Waals surface area contributed by atoms with Crippen molar-refractivity contribution >= 4 is 17.5 Å². The zero-order valence-electron chi connectivity index (χ0n) is 23.5. The average Bonchev–Trinajstić information content (AvgIpc) is 2.92. The summed E-state index contributed by atoms with van der Waals surface area (Å²) >= 11 is 0. The molecule has 1 amide bonds. The Labute approximate surface area is 233 Å². The number of piperazine rings is 1. The summed E-state index contributed by atoms with van der Waals surface area (Å²) in [6.07, 6.45) is 0.716. The number of aliphatic hydroxyl groups is 1. The van der Waals surface area contributed by atoms with E-state index in [9.17, 15) is 24.8 Å². The summed E-state index contributed by atoms with van der Waals surface area (Å²) < 4.78 is 17.1. The maximum Gasteiger partial charge on any atom is 0.225 e. The van der Waals surface area contributed by atoms with Gasteiger partial charge in [-0.1, -0.05) is 6.07 Å². The first-order valence-corrected chi connectivity index (χ1v) is 13.2. The highest BCUT2D eigenvalue weighted by Crippen LogP contribution is 2.54. The van der Waals surface area contributed by atoms with Crippen LogP contribution in [-0.2, 0) is 25.5 Å². The van der Waals surface area contributed by atoms with Crippen LogP contribution in [0.1, 0.15) is 43.0 Å². The SMILES string of the molecule is COCOc1c(OC)c(C)cc2c1[C@@H]1C3CC4=C(C(=O)C(O)=C(C)C4=O)[C@H](CNC(C)=O)N3[C@@H](C#N)[C@H](C2)N1C. The third-order valence-corrected chi connectivity index (χ3v) is 8.73. The van der Waals surface area contributed by atoms with Crippen LogP contribution < -0.4 is 14.8 Å². The summed E-state index contributed by atoms with van der Waals surface area (Å²) in [5, 5.41) is 23.9. The van der Waals surface area contributed by atoms with Gasteiger partial charge in [-0.3, -0.25) is 24.2 Å².